The number of nitrogens with zero attached hydrogens (tertiary/aromatic N) is 3. The Morgan fingerprint density at radius 3 is 2.86 bits per heavy atom. The third-order valence-corrected chi connectivity index (χ3v) is 5.99. The molecule has 0 bridgehead atoms. The largest absolute Gasteiger partial charge is 0.477 e. The number of hydrogen-bond acceptors (Lipinski definition) is 9. The van der Waals surface area contributed by atoms with Crippen LogP contribution in [-0.2, 0) is 19.2 Å². The van der Waals surface area contributed by atoms with Crippen molar-refractivity contribution < 1.29 is 24.3 Å². The van der Waals surface area contributed by atoms with Crippen molar-refractivity contribution in [1.82, 2.24) is 15.2 Å². The number of anilines is 1. The minimum Gasteiger partial charge on any atom is -0.477 e. The molecule has 0 aliphatic carbocycles. The van der Waals surface area contributed by atoms with E-state index in [0.29, 0.717) is 13.0 Å². The first-order chi connectivity index (χ1) is 13.3. The smallest absolute Gasteiger partial charge is 0.352 e. The van der Waals surface area contributed by atoms with Gasteiger partial charge in [0.05, 0.1) is 0 Å². The van der Waals surface area contributed by atoms with E-state index in [1.54, 1.807) is 5.38 Å². The number of thiazole rings is 1. The van der Waals surface area contributed by atoms with E-state index >= 15 is 0 Å². The van der Waals surface area contributed by atoms with Crippen LogP contribution >= 0.6 is 23.1 Å². The Morgan fingerprint density at radius 1 is 1.50 bits per heavy atom. The number of fused-ring (bicyclic) bond motifs is 1. The van der Waals surface area contributed by atoms with Crippen LogP contribution in [0.25, 0.3) is 0 Å². The number of β-lactam (4-membered cyclic amide) rings is 1. The molecular weight excluding hydrogens is 406 g/mol. The number of oxime groups is 1. The number of nitrogens with one attached hydrogen (secondary N) is 1. The van der Waals surface area contributed by atoms with Crippen molar-refractivity contribution in [3.8, 4) is 0 Å². The molecule has 1 saturated heterocycles. The number of rotatable bonds is 7. The molecule has 10 nitrogen and oxygen atoms in total. The summed E-state index contributed by atoms with van der Waals surface area (Å²) < 4.78 is 0. The zero-order valence-electron chi connectivity index (χ0n) is 15.1. The summed E-state index contributed by atoms with van der Waals surface area (Å²) in [6.45, 7) is 4.04. The molecule has 0 saturated carbocycles. The van der Waals surface area contributed by atoms with Gasteiger partial charge in [0.2, 0.25) is 0 Å². The highest BCUT2D eigenvalue weighted by Crippen LogP contribution is 2.40. The normalized spacial score (nSPS) is 24.1. The first-order valence-electron chi connectivity index (χ1n) is 8.49. The van der Waals surface area contributed by atoms with E-state index in [4.69, 9.17) is 10.6 Å². The molecule has 2 unspecified atom stereocenters. The van der Waals surface area contributed by atoms with Crippen molar-refractivity contribution in [2.24, 2.45) is 5.16 Å². The number of carbonyl (C=O) groups excluding carboxylic acids is 2. The summed E-state index contributed by atoms with van der Waals surface area (Å²) in [6, 6.07) is -0.865. The number of thioether (sulfide) groups is 1. The number of nitrogen functional groups attached to an aromatic ring is 1. The number of aromatic nitrogens is 1. The maximum Gasteiger partial charge on any atom is 0.352 e. The Morgan fingerprint density at radius 2 is 2.25 bits per heavy atom. The Hall–Kier alpha value is -2.60. The van der Waals surface area contributed by atoms with Crippen LogP contribution < -0.4 is 11.1 Å². The summed E-state index contributed by atoms with van der Waals surface area (Å²) in [5.41, 5.74) is 5.72. The van der Waals surface area contributed by atoms with Gasteiger partial charge in [-0.1, -0.05) is 12.1 Å². The summed E-state index contributed by atoms with van der Waals surface area (Å²) in [6.07, 6.45) is 2.22. The predicted octanol–water partition coefficient (Wildman–Crippen LogP) is 0.613. The second kappa shape index (κ2) is 8.19. The van der Waals surface area contributed by atoms with E-state index in [1.165, 1.54) is 22.7 Å². The van der Waals surface area contributed by atoms with Crippen LogP contribution in [0.1, 0.15) is 26.0 Å². The van der Waals surface area contributed by atoms with Crippen molar-refractivity contribution in [3.63, 3.8) is 0 Å². The molecular formula is C16H19N5O5S2. The quantitative estimate of drug-likeness (QED) is 0.249. The van der Waals surface area contributed by atoms with Crippen LogP contribution in [0, 0.1) is 0 Å². The van der Waals surface area contributed by atoms with Gasteiger partial charge >= 0.3 is 5.97 Å². The van der Waals surface area contributed by atoms with Crippen LogP contribution in [0.5, 0.6) is 0 Å². The lowest BCUT2D eigenvalue weighted by Crippen LogP contribution is -2.71. The number of nitrogens with two attached hydrogens (primary N) is 1. The Balaban J connectivity index is 1.77. The van der Waals surface area contributed by atoms with Gasteiger partial charge in [-0.3, -0.25) is 14.5 Å². The Bertz CT molecular complexity index is 867. The fourth-order valence-corrected chi connectivity index (χ4v) is 4.62. The Labute approximate surface area is 168 Å². The summed E-state index contributed by atoms with van der Waals surface area (Å²) in [4.78, 5) is 47.0. The van der Waals surface area contributed by atoms with Gasteiger partial charge in [0.15, 0.2) is 10.8 Å². The summed E-state index contributed by atoms with van der Waals surface area (Å²) in [7, 11) is 0. The second-order valence-corrected chi connectivity index (χ2v) is 8.48. The standard InChI is InChI=1S/C16H19N5O5S2/c1-3-4-26-20-10(8-6-27-16(17)18-8)12(22)19-11-13(23)21-9(15(24)25)5-7(2)28-14(11)21/h5-7,11,14H,3-4H2,1-2H3,(H2,17,18)(H,19,22)(H,24,25)/t7?,11?,14-/m0/s1. The van der Waals surface area contributed by atoms with E-state index in [-0.39, 0.29) is 27.5 Å². The minimum absolute atomic E-state index is 0.0702. The van der Waals surface area contributed by atoms with Crippen LogP contribution in [0.2, 0.25) is 0 Å². The van der Waals surface area contributed by atoms with Gasteiger partial charge in [-0.15, -0.1) is 23.1 Å². The highest BCUT2D eigenvalue weighted by atomic mass is 32.2. The summed E-state index contributed by atoms with van der Waals surface area (Å²) in [5.74, 6) is -2.31. The molecule has 4 N–H and O–H groups in total. The van der Waals surface area contributed by atoms with Gasteiger partial charge in [0.25, 0.3) is 11.8 Å². The molecule has 2 aliphatic heterocycles. The number of amides is 2. The van der Waals surface area contributed by atoms with Crippen molar-refractivity contribution >= 4 is 51.7 Å². The summed E-state index contributed by atoms with van der Waals surface area (Å²) in [5, 5.41) is 17.0. The van der Waals surface area contributed by atoms with Gasteiger partial charge in [0, 0.05) is 10.6 Å². The fraction of sp³-hybridized carbons (Fsp3) is 0.438. The first-order valence-corrected chi connectivity index (χ1v) is 10.3. The monoisotopic (exact) mass is 425 g/mol. The Kier molecular flexibility index (Phi) is 5.89. The fourth-order valence-electron chi connectivity index (χ4n) is 2.74. The number of carboxylic acid groups (broad SMARTS) is 1. The van der Waals surface area contributed by atoms with Gasteiger partial charge in [-0.05, 0) is 19.4 Å². The van der Waals surface area contributed by atoms with E-state index in [0.717, 1.165) is 11.3 Å². The molecule has 0 radical (unpaired) electrons. The third-order valence-electron chi connectivity index (χ3n) is 3.99. The van der Waals surface area contributed by atoms with Crippen LogP contribution in [0.4, 0.5) is 5.13 Å². The second-order valence-electron chi connectivity index (χ2n) is 6.09. The predicted molar refractivity (Wildman–Crippen MR) is 105 cm³/mol. The topological polar surface area (TPSA) is 147 Å². The third kappa shape index (κ3) is 3.83. The molecule has 3 rings (SSSR count). The molecule has 0 spiro atoms. The lowest BCUT2D eigenvalue weighted by atomic mass is 10.0. The van der Waals surface area contributed by atoms with Gasteiger partial charge in [-0.2, -0.15) is 0 Å². The van der Waals surface area contributed by atoms with Crippen molar-refractivity contribution in [2.45, 2.75) is 36.9 Å². The first kappa shape index (κ1) is 20.1. The molecule has 3 heterocycles. The zero-order valence-corrected chi connectivity index (χ0v) is 16.7. The maximum atomic E-state index is 12.8. The number of aliphatic carboxylic acids is 1. The van der Waals surface area contributed by atoms with Crippen LogP contribution in [0.15, 0.2) is 22.3 Å². The van der Waals surface area contributed by atoms with E-state index < -0.39 is 29.2 Å². The minimum atomic E-state index is -1.18. The van der Waals surface area contributed by atoms with Gasteiger partial charge < -0.3 is 21.0 Å². The molecule has 28 heavy (non-hydrogen) atoms. The molecule has 2 aliphatic rings. The SMILES string of the molecule is CCCON=C(C(=O)NC1C(=O)N2C(C(=O)O)=CC(C)S[C@@H]12)c1csc(N)n1. The summed E-state index contributed by atoms with van der Waals surface area (Å²) >= 11 is 2.54. The maximum absolute atomic E-state index is 12.8. The van der Waals surface area contributed by atoms with Crippen LogP contribution in [0.3, 0.4) is 0 Å². The molecule has 1 aromatic heterocycles. The van der Waals surface area contributed by atoms with E-state index in [2.05, 4.69) is 15.5 Å². The van der Waals surface area contributed by atoms with Gasteiger partial charge in [-0.25, -0.2) is 9.78 Å². The van der Waals surface area contributed by atoms with Crippen molar-refractivity contribution in [2.75, 3.05) is 12.3 Å². The highest BCUT2D eigenvalue weighted by Gasteiger charge is 2.54. The number of hydrogen-bond donors (Lipinski definition) is 3. The number of carbonyl (C=O) groups is 3. The van der Waals surface area contributed by atoms with Gasteiger partial charge in [0.1, 0.15) is 29.4 Å². The molecule has 1 aromatic rings. The molecule has 0 aromatic carbocycles. The molecule has 150 valence electrons. The number of carboxylic acids is 1. The van der Waals surface area contributed by atoms with E-state index in [9.17, 15) is 19.5 Å². The lowest BCUT2D eigenvalue weighted by Gasteiger charge is -2.49. The molecule has 2 amide bonds. The molecule has 1 fully saturated rings. The average molecular weight is 425 g/mol. The van der Waals surface area contributed by atoms with Crippen molar-refractivity contribution in [3.05, 3.63) is 22.8 Å². The van der Waals surface area contributed by atoms with Crippen molar-refractivity contribution in [1.29, 1.82) is 0 Å². The molecule has 3 atom stereocenters. The van der Waals surface area contributed by atoms with E-state index in [1.807, 2.05) is 13.8 Å². The highest BCUT2D eigenvalue weighted by molar-refractivity contribution is 8.00. The zero-order chi connectivity index (χ0) is 20.4. The van der Waals surface area contributed by atoms with Crippen LogP contribution in [-0.4, -0.2) is 61.8 Å². The lowest BCUT2D eigenvalue weighted by molar-refractivity contribution is -0.150. The molecule has 12 heteroatoms. The average Bonchev–Trinajstić information content (AvgIpc) is 3.08.